The fourth-order valence-corrected chi connectivity index (χ4v) is 5.75. The van der Waals surface area contributed by atoms with Crippen molar-refractivity contribution in [1.29, 1.82) is 0 Å². The van der Waals surface area contributed by atoms with E-state index in [-0.39, 0.29) is 28.8 Å². The third-order valence-electron chi connectivity index (χ3n) is 5.72. The number of aliphatic hydroxyl groups is 1. The first-order valence-electron chi connectivity index (χ1n) is 7.19. The lowest BCUT2D eigenvalue weighted by Crippen LogP contribution is -2.41. The highest BCUT2D eigenvalue weighted by Gasteiger charge is 2.63. The van der Waals surface area contributed by atoms with Crippen LogP contribution in [0, 0.1) is 22.7 Å². The summed E-state index contributed by atoms with van der Waals surface area (Å²) in [5.74, 6) is 2.20. The van der Waals surface area contributed by atoms with Crippen LogP contribution in [0.5, 0.6) is 0 Å². The summed E-state index contributed by atoms with van der Waals surface area (Å²) in [5, 5.41) is 10.4. The van der Waals surface area contributed by atoms with E-state index in [4.69, 9.17) is 4.74 Å². The van der Waals surface area contributed by atoms with Crippen molar-refractivity contribution >= 4 is 17.7 Å². The summed E-state index contributed by atoms with van der Waals surface area (Å²) in [6, 6.07) is 0. The van der Waals surface area contributed by atoms with Crippen molar-refractivity contribution in [1.82, 2.24) is 0 Å². The van der Waals surface area contributed by atoms with Crippen molar-refractivity contribution < 1.29 is 14.6 Å². The quantitative estimate of drug-likeness (QED) is 0.789. The molecule has 3 nitrogen and oxygen atoms in total. The van der Waals surface area contributed by atoms with E-state index in [0.717, 1.165) is 24.3 Å². The molecule has 0 heterocycles. The first kappa shape index (κ1) is 15.2. The molecule has 4 atom stereocenters. The van der Waals surface area contributed by atoms with E-state index in [1.807, 2.05) is 6.92 Å². The molecule has 2 aliphatic rings. The van der Waals surface area contributed by atoms with Crippen LogP contribution in [0.2, 0.25) is 0 Å². The van der Waals surface area contributed by atoms with Gasteiger partial charge in [0.2, 0.25) is 0 Å². The summed E-state index contributed by atoms with van der Waals surface area (Å²) >= 11 is 1.80. The maximum atomic E-state index is 11.4. The minimum atomic E-state index is -0.165. The van der Waals surface area contributed by atoms with Crippen LogP contribution in [0.25, 0.3) is 0 Å². The average Bonchev–Trinajstić information content (AvgIpc) is 2.71. The van der Waals surface area contributed by atoms with Crippen molar-refractivity contribution in [2.24, 2.45) is 22.7 Å². The summed E-state index contributed by atoms with van der Waals surface area (Å²) in [4.78, 5) is 11.4. The number of carbonyl (C=O) groups excluding carboxylic acids is 1. The molecule has 1 N–H and O–H groups in total. The number of rotatable bonds is 5. The molecule has 0 aromatic heterocycles. The van der Waals surface area contributed by atoms with Crippen molar-refractivity contribution in [3.8, 4) is 0 Å². The second kappa shape index (κ2) is 5.28. The lowest BCUT2D eigenvalue weighted by molar-refractivity contribution is -0.143. The smallest absolute Gasteiger partial charge is 0.309 e. The zero-order chi connectivity index (χ0) is 14.3. The predicted molar refractivity (Wildman–Crippen MR) is 78.1 cm³/mol. The molecule has 0 radical (unpaired) electrons. The number of thioether (sulfide) groups is 1. The third kappa shape index (κ3) is 2.31. The van der Waals surface area contributed by atoms with Gasteiger partial charge in [-0.05, 0) is 30.6 Å². The molecule has 2 fully saturated rings. The Balaban J connectivity index is 1.93. The fraction of sp³-hybridized carbons (Fsp3) is 0.933. The van der Waals surface area contributed by atoms with Gasteiger partial charge in [-0.3, -0.25) is 4.79 Å². The van der Waals surface area contributed by atoms with Crippen molar-refractivity contribution in [2.45, 2.75) is 46.1 Å². The van der Waals surface area contributed by atoms with Gasteiger partial charge in [0.25, 0.3) is 0 Å². The first-order valence-corrected chi connectivity index (χ1v) is 8.34. The number of fused-ring (bicyclic) bond motifs is 2. The molecule has 2 saturated carbocycles. The van der Waals surface area contributed by atoms with Gasteiger partial charge in [0.15, 0.2) is 0 Å². The molecule has 0 aromatic carbocycles. The van der Waals surface area contributed by atoms with Gasteiger partial charge < -0.3 is 9.84 Å². The van der Waals surface area contributed by atoms with Crippen LogP contribution < -0.4 is 0 Å². The van der Waals surface area contributed by atoms with Crippen LogP contribution in [0.3, 0.4) is 0 Å². The Bertz CT molecular complexity index is 355. The highest BCUT2D eigenvalue weighted by atomic mass is 32.2. The van der Waals surface area contributed by atoms with Crippen LogP contribution in [-0.2, 0) is 9.53 Å². The molecule has 19 heavy (non-hydrogen) atoms. The number of carbonyl (C=O) groups is 1. The third-order valence-corrected chi connectivity index (χ3v) is 7.17. The summed E-state index contributed by atoms with van der Waals surface area (Å²) in [6.07, 6.45) is 3.17. The number of hydrogen-bond donors (Lipinski definition) is 1. The van der Waals surface area contributed by atoms with E-state index >= 15 is 0 Å². The summed E-state index contributed by atoms with van der Waals surface area (Å²) in [6.45, 7) is 6.53. The van der Waals surface area contributed by atoms with E-state index < -0.39 is 0 Å². The van der Waals surface area contributed by atoms with Gasteiger partial charge in [0.05, 0.1) is 19.1 Å². The van der Waals surface area contributed by atoms with Gasteiger partial charge in [-0.15, -0.1) is 0 Å². The molecular weight excluding hydrogens is 260 g/mol. The summed E-state index contributed by atoms with van der Waals surface area (Å²) < 4.78 is 4.75. The van der Waals surface area contributed by atoms with Crippen LogP contribution in [-0.4, -0.2) is 35.8 Å². The Morgan fingerprint density at radius 2 is 2.21 bits per heavy atom. The van der Waals surface area contributed by atoms with Crippen LogP contribution >= 0.6 is 11.8 Å². The van der Waals surface area contributed by atoms with E-state index in [0.29, 0.717) is 5.92 Å². The minimum absolute atomic E-state index is 0.0537. The van der Waals surface area contributed by atoms with Gasteiger partial charge in [-0.25, -0.2) is 0 Å². The number of methoxy groups -OCH3 is 1. The maximum Gasteiger partial charge on any atom is 0.309 e. The van der Waals surface area contributed by atoms with Gasteiger partial charge in [0, 0.05) is 16.9 Å². The molecule has 0 aliphatic heterocycles. The standard InChI is InChI=1S/C15H26O3S/c1-10(13(17)18-4)8-19-9-15-6-5-11(7-12(15)16)14(15,2)3/h10-12,16H,5-9H2,1-4H3/t10-,11+,12+,15+/m0/s1. The Morgan fingerprint density at radius 1 is 1.53 bits per heavy atom. The molecule has 0 aromatic rings. The van der Waals surface area contributed by atoms with E-state index in [2.05, 4.69) is 13.8 Å². The molecule has 0 unspecified atom stereocenters. The number of aliphatic hydroxyl groups excluding tert-OH is 1. The van der Waals surface area contributed by atoms with Crippen molar-refractivity contribution in [3.63, 3.8) is 0 Å². The van der Waals surface area contributed by atoms with Crippen LogP contribution in [0.4, 0.5) is 0 Å². The minimum Gasteiger partial charge on any atom is -0.469 e. The zero-order valence-electron chi connectivity index (χ0n) is 12.4. The van der Waals surface area contributed by atoms with E-state index in [9.17, 15) is 9.90 Å². The number of hydrogen-bond acceptors (Lipinski definition) is 4. The Labute approximate surface area is 120 Å². The molecule has 0 saturated heterocycles. The highest BCUT2D eigenvalue weighted by molar-refractivity contribution is 7.99. The largest absolute Gasteiger partial charge is 0.469 e. The van der Waals surface area contributed by atoms with Gasteiger partial charge in [-0.2, -0.15) is 11.8 Å². The topological polar surface area (TPSA) is 46.5 Å². The second-order valence-electron chi connectivity index (χ2n) is 6.80. The molecule has 0 spiro atoms. The summed E-state index contributed by atoms with van der Waals surface area (Å²) in [7, 11) is 1.44. The van der Waals surface area contributed by atoms with Crippen LogP contribution in [0.15, 0.2) is 0 Å². The molecule has 2 rings (SSSR count). The lowest BCUT2D eigenvalue weighted by Gasteiger charge is -2.40. The number of esters is 1. The Hall–Kier alpha value is -0.220. The van der Waals surface area contributed by atoms with Crippen LogP contribution in [0.1, 0.15) is 40.0 Å². The normalized spacial score (nSPS) is 37.3. The van der Waals surface area contributed by atoms with Gasteiger partial charge >= 0.3 is 5.97 Å². The summed E-state index contributed by atoms with van der Waals surface area (Å²) in [5.41, 5.74) is 0.284. The molecule has 0 amide bonds. The first-order chi connectivity index (χ1) is 8.85. The second-order valence-corrected chi connectivity index (χ2v) is 7.83. The maximum absolute atomic E-state index is 11.4. The monoisotopic (exact) mass is 286 g/mol. The van der Waals surface area contributed by atoms with Gasteiger partial charge in [-0.1, -0.05) is 20.8 Å². The highest BCUT2D eigenvalue weighted by Crippen LogP contribution is 2.66. The van der Waals surface area contributed by atoms with Crippen molar-refractivity contribution in [3.05, 3.63) is 0 Å². The molecule has 2 bridgehead atoms. The molecule has 110 valence electrons. The number of ether oxygens (including phenoxy) is 1. The molecular formula is C15H26O3S. The van der Waals surface area contributed by atoms with E-state index in [1.54, 1.807) is 11.8 Å². The fourth-order valence-electron chi connectivity index (χ4n) is 4.07. The predicted octanol–water partition coefficient (Wildman–Crippen LogP) is 2.72. The molecule has 2 aliphatic carbocycles. The lowest BCUT2D eigenvalue weighted by atomic mass is 9.70. The van der Waals surface area contributed by atoms with Gasteiger partial charge in [0.1, 0.15) is 0 Å². The molecule has 4 heteroatoms. The average molecular weight is 286 g/mol. The SMILES string of the molecule is COC(=O)[C@@H](C)CSC[C@]12CC[C@H](C[C@H]1O)C2(C)C. The van der Waals surface area contributed by atoms with E-state index in [1.165, 1.54) is 13.5 Å². The Kier molecular flexibility index (Phi) is 4.22. The van der Waals surface area contributed by atoms with Crippen molar-refractivity contribution in [2.75, 3.05) is 18.6 Å². The zero-order valence-corrected chi connectivity index (χ0v) is 13.3. The Morgan fingerprint density at radius 3 is 2.68 bits per heavy atom.